The third-order valence-corrected chi connectivity index (χ3v) is 4.89. The van der Waals surface area contributed by atoms with Crippen LogP contribution in [0.3, 0.4) is 0 Å². The normalized spacial score (nSPS) is 14.7. The predicted octanol–water partition coefficient (Wildman–Crippen LogP) is 4.39. The molecule has 0 atom stereocenters. The Kier molecular flexibility index (Phi) is 7.28. The first-order valence-corrected chi connectivity index (χ1v) is 10.1. The monoisotopic (exact) mass is 366 g/mol. The van der Waals surface area contributed by atoms with Gasteiger partial charge in [-0.2, -0.15) is 0 Å². The molecule has 0 bridgehead atoms. The Hall–Kier alpha value is -2.33. The van der Waals surface area contributed by atoms with E-state index in [1.807, 2.05) is 24.3 Å². The van der Waals surface area contributed by atoms with Crippen molar-refractivity contribution in [2.24, 2.45) is 0 Å². The van der Waals surface area contributed by atoms with Crippen molar-refractivity contribution in [1.29, 1.82) is 0 Å². The van der Waals surface area contributed by atoms with Crippen LogP contribution < -0.4 is 10.1 Å². The van der Waals surface area contributed by atoms with Crippen LogP contribution >= 0.6 is 0 Å². The molecule has 4 heteroatoms. The fourth-order valence-electron chi connectivity index (χ4n) is 3.42. The van der Waals surface area contributed by atoms with Crippen molar-refractivity contribution in [3.05, 3.63) is 65.2 Å². The van der Waals surface area contributed by atoms with E-state index in [9.17, 15) is 4.79 Å². The molecule has 0 spiro atoms. The van der Waals surface area contributed by atoms with Crippen LogP contribution in [0.5, 0.6) is 5.75 Å². The van der Waals surface area contributed by atoms with E-state index < -0.39 is 0 Å². The van der Waals surface area contributed by atoms with Gasteiger partial charge in [0.15, 0.2) is 0 Å². The molecule has 2 aromatic rings. The van der Waals surface area contributed by atoms with Crippen LogP contribution in [0.2, 0.25) is 0 Å². The minimum atomic E-state index is -0.0570. The molecule has 0 aromatic heterocycles. The number of amides is 1. The average molecular weight is 367 g/mol. The summed E-state index contributed by atoms with van der Waals surface area (Å²) in [7, 11) is 0. The van der Waals surface area contributed by atoms with E-state index in [0.717, 1.165) is 24.3 Å². The number of benzene rings is 2. The van der Waals surface area contributed by atoms with Crippen molar-refractivity contribution in [2.75, 3.05) is 19.7 Å². The summed E-state index contributed by atoms with van der Waals surface area (Å²) in [6.07, 6.45) is 4.93. The molecule has 0 unspecified atom stereocenters. The summed E-state index contributed by atoms with van der Waals surface area (Å²) in [6, 6.07) is 15.9. The van der Waals surface area contributed by atoms with E-state index in [-0.39, 0.29) is 5.91 Å². The Morgan fingerprint density at radius 2 is 1.78 bits per heavy atom. The van der Waals surface area contributed by atoms with E-state index >= 15 is 0 Å². The maximum absolute atomic E-state index is 12.4. The molecule has 1 amide bonds. The molecule has 27 heavy (non-hydrogen) atoms. The molecular formula is C23H30N2O2. The predicted molar refractivity (Wildman–Crippen MR) is 109 cm³/mol. The number of nitrogens with one attached hydrogen (secondary N) is 1. The Balaban J connectivity index is 1.51. The number of rotatable bonds is 8. The fourth-order valence-corrected chi connectivity index (χ4v) is 3.42. The summed E-state index contributed by atoms with van der Waals surface area (Å²) < 4.78 is 5.56. The first-order chi connectivity index (χ1) is 13.2. The summed E-state index contributed by atoms with van der Waals surface area (Å²) in [4.78, 5) is 14.9. The van der Waals surface area contributed by atoms with Crippen LogP contribution in [-0.4, -0.2) is 30.5 Å². The summed E-state index contributed by atoms with van der Waals surface area (Å²) in [5.74, 6) is 0.747. The van der Waals surface area contributed by atoms with Gasteiger partial charge >= 0.3 is 0 Å². The quantitative estimate of drug-likeness (QED) is 0.753. The minimum Gasteiger partial charge on any atom is -0.494 e. The maximum Gasteiger partial charge on any atom is 0.251 e. The standard InChI is InChI=1S/C23H30N2O2/c1-2-15-27-22-11-9-21(10-12-22)23(26)24-17-19-7-6-8-20(16-19)18-25-13-4-3-5-14-25/h6-12,16H,2-5,13-15,17-18H2,1H3,(H,24,26). The van der Waals surface area contributed by atoms with Gasteiger partial charge in [-0.1, -0.05) is 37.6 Å². The number of hydrogen-bond acceptors (Lipinski definition) is 3. The van der Waals surface area contributed by atoms with Crippen molar-refractivity contribution < 1.29 is 9.53 Å². The number of likely N-dealkylation sites (tertiary alicyclic amines) is 1. The zero-order valence-electron chi connectivity index (χ0n) is 16.2. The molecule has 1 heterocycles. The third kappa shape index (κ3) is 6.10. The summed E-state index contributed by atoms with van der Waals surface area (Å²) >= 11 is 0. The number of hydrogen-bond donors (Lipinski definition) is 1. The van der Waals surface area contributed by atoms with E-state index in [2.05, 4.69) is 41.4 Å². The SMILES string of the molecule is CCCOc1ccc(C(=O)NCc2cccc(CN3CCCCC3)c2)cc1. The van der Waals surface area contributed by atoms with Gasteiger partial charge in [0, 0.05) is 18.7 Å². The maximum atomic E-state index is 12.4. The zero-order chi connectivity index (χ0) is 18.9. The lowest BCUT2D eigenvalue weighted by Crippen LogP contribution is -2.29. The second kappa shape index (κ2) is 10.1. The second-order valence-electron chi connectivity index (χ2n) is 7.21. The molecule has 3 rings (SSSR count). The molecule has 1 N–H and O–H groups in total. The molecule has 0 saturated carbocycles. The van der Waals surface area contributed by atoms with Gasteiger partial charge in [0.2, 0.25) is 0 Å². The van der Waals surface area contributed by atoms with Gasteiger partial charge in [-0.25, -0.2) is 0 Å². The van der Waals surface area contributed by atoms with Gasteiger partial charge in [0.25, 0.3) is 5.91 Å². The van der Waals surface area contributed by atoms with Crippen LogP contribution in [-0.2, 0) is 13.1 Å². The lowest BCUT2D eigenvalue weighted by molar-refractivity contribution is 0.0951. The van der Waals surface area contributed by atoms with Crippen molar-refractivity contribution in [3.8, 4) is 5.75 Å². The zero-order valence-corrected chi connectivity index (χ0v) is 16.2. The van der Waals surface area contributed by atoms with E-state index in [4.69, 9.17) is 4.74 Å². The smallest absolute Gasteiger partial charge is 0.251 e. The van der Waals surface area contributed by atoms with Crippen molar-refractivity contribution in [1.82, 2.24) is 10.2 Å². The van der Waals surface area contributed by atoms with E-state index in [1.54, 1.807) is 0 Å². The van der Waals surface area contributed by atoms with E-state index in [0.29, 0.717) is 18.7 Å². The molecule has 0 radical (unpaired) electrons. The van der Waals surface area contributed by atoms with E-state index in [1.165, 1.54) is 37.9 Å². The number of carbonyl (C=O) groups is 1. The Labute approximate surface area is 162 Å². The summed E-state index contributed by atoms with van der Waals surface area (Å²) in [5, 5.41) is 3.02. The van der Waals surface area contributed by atoms with Gasteiger partial charge in [-0.3, -0.25) is 9.69 Å². The molecular weight excluding hydrogens is 336 g/mol. The Morgan fingerprint density at radius 1 is 1.04 bits per heavy atom. The molecule has 1 saturated heterocycles. The lowest BCUT2D eigenvalue weighted by Gasteiger charge is -2.26. The van der Waals surface area contributed by atoms with Gasteiger partial charge in [0.05, 0.1) is 6.61 Å². The number of piperidine rings is 1. The molecule has 0 aliphatic carbocycles. The topological polar surface area (TPSA) is 41.6 Å². The lowest BCUT2D eigenvalue weighted by atomic mass is 10.1. The summed E-state index contributed by atoms with van der Waals surface area (Å²) in [6.45, 7) is 6.70. The molecule has 4 nitrogen and oxygen atoms in total. The molecule has 1 aliphatic heterocycles. The number of nitrogens with zero attached hydrogens (tertiary/aromatic N) is 1. The molecule has 1 aliphatic rings. The van der Waals surface area contributed by atoms with Crippen LogP contribution in [0.15, 0.2) is 48.5 Å². The largest absolute Gasteiger partial charge is 0.494 e. The first kappa shape index (κ1) is 19.4. The van der Waals surface area contributed by atoms with Crippen LogP contribution in [0, 0.1) is 0 Å². The third-order valence-electron chi connectivity index (χ3n) is 4.89. The number of ether oxygens (including phenoxy) is 1. The van der Waals surface area contributed by atoms with Crippen LogP contribution in [0.1, 0.15) is 54.1 Å². The average Bonchev–Trinajstić information content (AvgIpc) is 2.72. The van der Waals surface area contributed by atoms with Crippen LogP contribution in [0.4, 0.5) is 0 Å². The van der Waals surface area contributed by atoms with Crippen molar-refractivity contribution in [2.45, 2.75) is 45.7 Å². The fraction of sp³-hybridized carbons (Fsp3) is 0.435. The molecule has 144 valence electrons. The van der Waals surface area contributed by atoms with Gasteiger partial charge in [-0.05, 0) is 67.7 Å². The van der Waals surface area contributed by atoms with Crippen molar-refractivity contribution in [3.63, 3.8) is 0 Å². The Morgan fingerprint density at radius 3 is 2.52 bits per heavy atom. The molecule has 1 fully saturated rings. The second-order valence-corrected chi connectivity index (χ2v) is 7.21. The molecule has 2 aromatic carbocycles. The summed E-state index contributed by atoms with van der Waals surface area (Å²) in [5.41, 5.74) is 3.12. The highest BCUT2D eigenvalue weighted by Gasteiger charge is 2.11. The van der Waals surface area contributed by atoms with Gasteiger partial charge in [0.1, 0.15) is 5.75 Å². The number of carbonyl (C=O) groups excluding carboxylic acids is 1. The highest BCUT2D eigenvalue weighted by molar-refractivity contribution is 5.94. The highest BCUT2D eigenvalue weighted by atomic mass is 16.5. The minimum absolute atomic E-state index is 0.0570. The van der Waals surface area contributed by atoms with Gasteiger partial charge < -0.3 is 10.1 Å². The first-order valence-electron chi connectivity index (χ1n) is 10.1. The van der Waals surface area contributed by atoms with Gasteiger partial charge in [-0.15, -0.1) is 0 Å². The van der Waals surface area contributed by atoms with Crippen molar-refractivity contribution >= 4 is 5.91 Å². The van der Waals surface area contributed by atoms with Crippen LogP contribution in [0.25, 0.3) is 0 Å². The Bertz CT molecular complexity index is 721. The highest BCUT2D eigenvalue weighted by Crippen LogP contribution is 2.15.